The molecule has 2 aliphatic rings. The molecule has 0 saturated carbocycles. The summed E-state index contributed by atoms with van der Waals surface area (Å²) < 4.78 is 13.8. The molecule has 0 aromatic heterocycles. The maximum absolute atomic E-state index is 13.8. The van der Waals surface area contributed by atoms with Gasteiger partial charge in [0.05, 0.1) is 11.4 Å². The lowest BCUT2D eigenvalue weighted by Gasteiger charge is -2.37. The molecule has 0 radical (unpaired) electrons. The van der Waals surface area contributed by atoms with Crippen molar-refractivity contribution in [1.29, 1.82) is 0 Å². The van der Waals surface area contributed by atoms with E-state index in [1.165, 1.54) is 17.0 Å². The first kappa shape index (κ1) is 18.2. The van der Waals surface area contributed by atoms with Crippen molar-refractivity contribution in [1.82, 2.24) is 5.32 Å². The maximum atomic E-state index is 13.8. The van der Waals surface area contributed by atoms with E-state index in [0.29, 0.717) is 36.8 Å². The highest BCUT2D eigenvalue weighted by Gasteiger charge is 2.29. The van der Waals surface area contributed by atoms with Gasteiger partial charge in [-0.1, -0.05) is 0 Å². The van der Waals surface area contributed by atoms with Gasteiger partial charge in [0.2, 0.25) is 5.91 Å². The average molecular weight is 363 g/mol. The standard InChI is InChI=1S/C18H22FN3O4/c19-13-2-3-14(22-10-7-16(23)20-18(22)26)15(11-13)21-8-5-12(6-9-21)1-4-17(24)25/h2-3,11-12H,1,4-10H2,(H,24,25)(H,20,23,26). The first-order chi connectivity index (χ1) is 12.4. The number of halogens is 1. The molecule has 3 rings (SSSR count). The molecule has 1 aromatic carbocycles. The molecular weight excluding hydrogens is 341 g/mol. The van der Waals surface area contributed by atoms with Crippen molar-refractivity contribution in [2.24, 2.45) is 5.92 Å². The normalized spacial score (nSPS) is 18.8. The number of carboxylic acid groups (broad SMARTS) is 1. The molecule has 2 fully saturated rings. The number of benzene rings is 1. The zero-order chi connectivity index (χ0) is 18.7. The second-order valence-corrected chi connectivity index (χ2v) is 6.75. The number of imide groups is 1. The number of hydrogen-bond acceptors (Lipinski definition) is 4. The van der Waals surface area contributed by atoms with Crippen molar-refractivity contribution >= 4 is 29.3 Å². The molecule has 2 N–H and O–H groups in total. The molecule has 2 saturated heterocycles. The second kappa shape index (κ2) is 7.72. The number of amides is 3. The molecular formula is C18H22FN3O4. The summed E-state index contributed by atoms with van der Waals surface area (Å²) in [4.78, 5) is 37.7. The lowest BCUT2D eigenvalue weighted by atomic mass is 9.92. The summed E-state index contributed by atoms with van der Waals surface area (Å²) in [6, 6.07) is 3.79. The predicted octanol–water partition coefficient (Wildman–Crippen LogP) is 2.35. The number of piperidine rings is 1. The Morgan fingerprint density at radius 2 is 1.92 bits per heavy atom. The minimum absolute atomic E-state index is 0.165. The predicted molar refractivity (Wildman–Crippen MR) is 93.7 cm³/mol. The number of anilines is 2. The highest BCUT2D eigenvalue weighted by molar-refractivity contribution is 6.07. The molecule has 0 bridgehead atoms. The third-order valence-corrected chi connectivity index (χ3v) is 5.00. The number of urea groups is 1. The summed E-state index contributed by atoms with van der Waals surface area (Å²) in [7, 11) is 0. The smallest absolute Gasteiger partial charge is 0.328 e. The Bertz CT molecular complexity index is 716. The van der Waals surface area contributed by atoms with E-state index >= 15 is 0 Å². The van der Waals surface area contributed by atoms with Crippen molar-refractivity contribution in [3.63, 3.8) is 0 Å². The van der Waals surface area contributed by atoms with Crippen LogP contribution in [-0.2, 0) is 9.59 Å². The SMILES string of the molecule is O=C(O)CCC1CCN(c2cc(F)ccc2N2CCC(=O)NC2=O)CC1. The van der Waals surface area contributed by atoms with Gasteiger partial charge in [-0.15, -0.1) is 0 Å². The van der Waals surface area contributed by atoms with Gasteiger partial charge >= 0.3 is 12.0 Å². The molecule has 26 heavy (non-hydrogen) atoms. The van der Waals surface area contributed by atoms with Gasteiger partial charge in [-0.05, 0) is 43.4 Å². The Balaban J connectivity index is 1.74. The fourth-order valence-corrected chi connectivity index (χ4v) is 3.56. The number of carbonyl (C=O) groups excluding carboxylic acids is 2. The minimum atomic E-state index is -0.787. The fraction of sp³-hybridized carbons (Fsp3) is 0.500. The van der Waals surface area contributed by atoms with Gasteiger partial charge in [0.15, 0.2) is 0 Å². The zero-order valence-electron chi connectivity index (χ0n) is 14.4. The van der Waals surface area contributed by atoms with Gasteiger partial charge in [-0.2, -0.15) is 0 Å². The Kier molecular flexibility index (Phi) is 5.39. The van der Waals surface area contributed by atoms with E-state index in [2.05, 4.69) is 5.32 Å². The maximum Gasteiger partial charge on any atom is 0.328 e. The van der Waals surface area contributed by atoms with Crippen LogP contribution in [0.25, 0.3) is 0 Å². The molecule has 0 atom stereocenters. The molecule has 8 heteroatoms. The van der Waals surface area contributed by atoms with Crippen molar-refractivity contribution in [3.05, 3.63) is 24.0 Å². The van der Waals surface area contributed by atoms with Crippen LogP contribution >= 0.6 is 0 Å². The van der Waals surface area contributed by atoms with E-state index in [1.54, 1.807) is 6.07 Å². The monoisotopic (exact) mass is 363 g/mol. The molecule has 140 valence electrons. The van der Waals surface area contributed by atoms with Crippen LogP contribution in [0.2, 0.25) is 0 Å². The lowest BCUT2D eigenvalue weighted by Crippen LogP contribution is -2.50. The molecule has 3 amide bonds. The Morgan fingerprint density at radius 3 is 2.58 bits per heavy atom. The first-order valence-corrected chi connectivity index (χ1v) is 8.81. The van der Waals surface area contributed by atoms with Crippen molar-refractivity contribution in [2.45, 2.75) is 32.1 Å². The summed E-state index contributed by atoms with van der Waals surface area (Å²) in [5.41, 5.74) is 1.21. The summed E-state index contributed by atoms with van der Waals surface area (Å²) in [5, 5.41) is 11.1. The van der Waals surface area contributed by atoms with Crippen LogP contribution in [0, 0.1) is 11.7 Å². The van der Waals surface area contributed by atoms with Gasteiger partial charge in [-0.25, -0.2) is 9.18 Å². The number of carboxylic acids is 1. The van der Waals surface area contributed by atoms with Crippen LogP contribution < -0.4 is 15.1 Å². The Morgan fingerprint density at radius 1 is 1.19 bits per heavy atom. The van der Waals surface area contributed by atoms with E-state index in [-0.39, 0.29) is 31.1 Å². The van der Waals surface area contributed by atoms with Gasteiger partial charge in [0.1, 0.15) is 5.82 Å². The molecule has 0 unspecified atom stereocenters. The highest BCUT2D eigenvalue weighted by Crippen LogP contribution is 2.34. The summed E-state index contributed by atoms with van der Waals surface area (Å²) in [5.74, 6) is -1.14. The van der Waals surface area contributed by atoms with E-state index in [0.717, 1.165) is 12.8 Å². The van der Waals surface area contributed by atoms with Crippen LogP contribution in [0.5, 0.6) is 0 Å². The summed E-state index contributed by atoms with van der Waals surface area (Å²) in [6.45, 7) is 1.61. The average Bonchev–Trinajstić information content (AvgIpc) is 2.61. The van der Waals surface area contributed by atoms with Crippen LogP contribution in [0.3, 0.4) is 0 Å². The summed E-state index contributed by atoms with van der Waals surface area (Å²) in [6.07, 6.45) is 2.68. The van der Waals surface area contributed by atoms with Gasteiger partial charge in [0, 0.05) is 32.5 Å². The highest BCUT2D eigenvalue weighted by atomic mass is 19.1. The number of aliphatic carboxylic acids is 1. The van der Waals surface area contributed by atoms with E-state index in [9.17, 15) is 18.8 Å². The van der Waals surface area contributed by atoms with Crippen molar-refractivity contribution < 1.29 is 23.9 Å². The van der Waals surface area contributed by atoms with Crippen molar-refractivity contribution in [3.8, 4) is 0 Å². The number of nitrogens with zero attached hydrogens (tertiary/aromatic N) is 2. The largest absolute Gasteiger partial charge is 0.481 e. The molecule has 0 aliphatic carbocycles. The minimum Gasteiger partial charge on any atom is -0.481 e. The van der Waals surface area contributed by atoms with E-state index in [1.807, 2.05) is 4.90 Å². The second-order valence-electron chi connectivity index (χ2n) is 6.75. The van der Waals surface area contributed by atoms with Crippen LogP contribution in [0.4, 0.5) is 20.6 Å². The molecule has 7 nitrogen and oxygen atoms in total. The number of carbonyl (C=O) groups is 3. The Labute approximate surface area is 150 Å². The molecule has 2 heterocycles. The fourth-order valence-electron chi connectivity index (χ4n) is 3.56. The van der Waals surface area contributed by atoms with Gasteiger partial charge in [-0.3, -0.25) is 19.8 Å². The van der Waals surface area contributed by atoms with Gasteiger partial charge < -0.3 is 10.0 Å². The number of nitrogens with one attached hydrogen (secondary N) is 1. The van der Waals surface area contributed by atoms with E-state index in [4.69, 9.17) is 5.11 Å². The van der Waals surface area contributed by atoms with Crippen LogP contribution in [-0.4, -0.2) is 42.6 Å². The summed E-state index contributed by atoms with van der Waals surface area (Å²) >= 11 is 0. The van der Waals surface area contributed by atoms with Crippen molar-refractivity contribution in [2.75, 3.05) is 29.4 Å². The lowest BCUT2D eigenvalue weighted by molar-refractivity contribution is -0.137. The first-order valence-electron chi connectivity index (χ1n) is 8.81. The third-order valence-electron chi connectivity index (χ3n) is 5.00. The number of rotatable bonds is 5. The number of hydrogen-bond donors (Lipinski definition) is 2. The molecule has 0 spiro atoms. The van der Waals surface area contributed by atoms with E-state index < -0.39 is 12.0 Å². The van der Waals surface area contributed by atoms with Crippen LogP contribution in [0.1, 0.15) is 32.1 Å². The Hall–Kier alpha value is -2.64. The van der Waals surface area contributed by atoms with Crippen LogP contribution in [0.15, 0.2) is 18.2 Å². The zero-order valence-corrected chi connectivity index (χ0v) is 14.4. The molecule has 1 aromatic rings. The quantitative estimate of drug-likeness (QED) is 0.838. The van der Waals surface area contributed by atoms with Gasteiger partial charge in [0.25, 0.3) is 0 Å². The third kappa shape index (κ3) is 4.12. The molecule has 2 aliphatic heterocycles. The topological polar surface area (TPSA) is 89.9 Å².